The number of methoxy groups -OCH3 is 1. The zero-order chi connectivity index (χ0) is 16.2. The van der Waals surface area contributed by atoms with E-state index < -0.39 is 0 Å². The quantitative estimate of drug-likeness (QED) is 0.872. The summed E-state index contributed by atoms with van der Waals surface area (Å²) in [5.41, 5.74) is 0.848. The maximum Gasteiger partial charge on any atom is 0.287 e. The predicted octanol–water partition coefficient (Wildman–Crippen LogP) is 1.71. The Balaban J connectivity index is 1.60. The minimum absolute atomic E-state index is 0.0797. The normalized spacial score (nSPS) is 20.8. The van der Waals surface area contributed by atoms with Gasteiger partial charge in [-0.25, -0.2) is 0 Å². The summed E-state index contributed by atoms with van der Waals surface area (Å²) in [5.74, 6) is 1.60. The number of nitrogens with zero attached hydrogens (tertiary/aromatic N) is 1. The third kappa shape index (κ3) is 3.80. The highest BCUT2D eigenvalue weighted by Crippen LogP contribution is 2.20. The first-order valence-electron chi connectivity index (χ1n) is 7.54. The van der Waals surface area contributed by atoms with Crippen LogP contribution in [0.2, 0.25) is 0 Å². The molecule has 0 aliphatic carbocycles. The molecule has 0 spiro atoms. The average Bonchev–Trinajstić information content (AvgIpc) is 3.23. The molecule has 0 radical (unpaired) electrons. The maximum absolute atomic E-state index is 12.3. The lowest BCUT2D eigenvalue weighted by Gasteiger charge is -2.17. The number of carbonyl (C=O) groups excluding carboxylic acids is 1. The Morgan fingerprint density at radius 2 is 2.26 bits per heavy atom. The number of rotatable bonds is 6. The Bertz CT molecular complexity index is 663. The number of carbonyl (C=O) groups is 1. The molecule has 124 valence electrons. The van der Waals surface area contributed by atoms with E-state index in [-0.39, 0.29) is 23.6 Å². The molecule has 1 saturated heterocycles. The third-order valence-corrected chi connectivity index (χ3v) is 3.83. The van der Waals surface area contributed by atoms with Crippen LogP contribution >= 0.6 is 0 Å². The summed E-state index contributed by atoms with van der Waals surface area (Å²) < 4.78 is 21.2. The van der Waals surface area contributed by atoms with Gasteiger partial charge in [-0.15, -0.1) is 0 Å². The molecular formula is C16H20N2O5. The van der Waals surface area contributed by atoms with Gasteiger partial charge in [0.05, 0.1) is 24.9 Å². The standard InChI is InChI=1S/C16H20N2O5/c1-10-5-13(23-18-10)6-11-7-21-9-14(11)17-16(19)15-4-3-12(22-15)8-20-2/h3-5,11,14H,6-9H2,1-2H3,(H,17,19)/t11-,14+/m1/s1. The summed E-state index contributed by atoms with van der Waals surface area (Å²) in [4.78, 5) is 12.3. The van der Waals surface area contributed by atoms with Crippen molar-refractivity contribution in [1.82, 2.24) is 10.5 Å². The first-order chi connectivity index (χ1) is 11.2. The lowest BCUT2D eigenvalue weighted by molar-refractivity contribution is 0.0888. The predicted molar refractivity (Wildman–Crippen MR) is 79.9 cm³/mol. The van der Waals surface area contributed by atoms with Gasteiger partial charge in [0.15, 0.2) is 5.76 Å². The van der Waals surface area contributed by atoms with Crippen molar-refractivity contribution in [2.24, 2.45) is 5.92 Å². The molecule has 2 aromatic rings. The zero-order valence-corrected chi connectivity index (χ0v) is 13.2. The lowest BCUT2D eigenvalue weighted by atomic mass is 9.98. The van der Waals surface area contributed by atoms with Crippen molar-refractivity contribution in [3.8, 4) is 0 Å². The molecule has 0 bridgehead atoms. The van der Waals surface area contributed by atoms with Gasteiger partial charge >= 0.3 is 0 Å². The summed E-state index contributed by atoms with van der Waals surface area (Å²) in [6, 6.07) is 5.21. The summed E-state index contributed by atoms with van der Waals surface area (Å²) >= 11 is 0. The number of aryl methyl sites for hydroxylation is 1. The van der Waals surface area contributed by atoms with Crippen molar-refractivity contribution in [3.63, 3.8) is 0 Å². The molecule has 7 nitrogen and oxygen atoms in total. The molecule has 1 N–H and O–H groups in total. The second kappa shape index (κ2) is 6.97. The number of aromatic nitrogens is 1. The van der Waals surface area contributed by atoms with Gasteiger partial charge in [0, 0.05) is 25.5 Å². The molecule has 7 heteroatoms. The van der Waals surface area contributed by atoms with Gasteiger partial charge in [0.1, 0.15) is 18.1 Å². The van der Waals surface area contributed by atoms with Crippen molar-refractivity contribution in [1.29, 1.82) is 0 Å². The summed E-state index contributed by atoms with van der Waals surface area (Å²) in [6.07, 6.45) is 0.679. The van der Waals surface area contributed by atoms with E-state index in [1.165, 1.54) is 0 Å². The molecule has 3 rings (SSSR count). The Morgan fingerprint density at radius 3 is 3.00 bits per heavy atom. The molecule has 1 aliphatic rings. The summed E-state index contributed by atoms with van der Waals surface area (Å²) in [5, 5.41) is 6.85. The highest BCUT2D eigenvalue weighted by atomic mass is 16.5. The van der Waals surface area contributed by atoms with Crippen LogP contribution in [-0.4, -0.2) is 37.4 Å². The fourth-order valence-corrected chi connectivity index (χ4v) is 2.69. The van der Waals surface area contributed by atoms with Gasteiger partial charge in [-0.3, -0.25) is 4.79 Å². The SMILES string of the molecule is COCc1ccc(C(=O)N[C@H]2COC[C@H]2Cc2cc(C)no2)o1. The third-order valence-electron chi connectivity index (χ3n) is 3.83. The van der Waals surface area contributed by atoms with Crippen LogP contribution in [0.15, 0.2) is 27.1 Å². The maximum atomic E-state index is 12.3. The topological polar surface area (TPSA) is 86.7 Å². The van der Waals surface area contributed by atoms with Crippen LogP contribution in [0, 0.1) is 12.8 Å². The van der Waals surface area contributed by atoms with E-state index >= 15 is 0 Å². The lowest BCUT2D eigenvalue weighted by Crippen LogP contribution is -2.40. The largest absolute Gasteiger partial charge is 0.453 e. The second-order valence-electron chi connectivity index (χ2n) is 5.72. The van der Waals surface area contributed by atoms with Crippen LogP contribution in [0.5, 0.6) is 0 Å². The summed E-state index contributed by atoms with van der Waals surface area (Å²) in [6.45, 7) is 3.28. The van der Waals surface area contributed by atoms with Crippen LogP contribution in [0.1, 0.15) is 27.8 Å². The highest BCUT2D eigenvalue weighted by Gasteiger charge is 2.31. The Hall–Kier alpha value is -2.12. The molecular weight excluding hydrogens is 300 g/mol. The number of nitrogens with one attached hydrogen (secondary N) is 1. The van der Waals surface area contributed by atoms with E-state index in [1.807, 2.05) is 13.0 Å². The van der Waals surface area contributed by atoms with Crippen LogP contribution in [-0.2, 0) is 22.5 Å². The Labute approximate surface area is 133 Å². The van der Waals surface area contributed by atoms with Gasteiger partial charge in [-0.1, -0.05) is 5.16 Å². The number of ether oxygens (including phenoxy) is 2. The fraction of sp³-hybridized carbons (Fsp3) is 0.500. The molecule has 23 heavy (non-hydrogen) atoms. The first kappa shape index (κ1) is 15.8. The van der Waals surface area contributed by atoms with E-state index in [4.69, 9.17) is 18.4 Å². The molecule has 0 aromatic carbocycles. The second-order valence-corrected chi connectivity index (χ2v) is 5.72. The van der Waals surface area contributed by atoms with Gasteiger partial charge < -0.3 is 23.7 Å². The van der Waals surface area contributed by atoms with Crippen LogP contribution in [0.4, 0.5) is 0 Å². The smallest absolute Gasteiger partial charge is 0.287 e. The van der Waals surface area contributed by atoms with Crippen molar-refractivity contribution < 1.29 is 23.2 Å². The minimum Gasteiger partial charge on any atom is -0.453 e. The van der Waals surface area contributed by atoms with Gasteiger partial charge in [-0.2, -0.15) is 0 Å². The van der Waals surface area contributed by atoms with E-state index in [2.05, 4.69) is 10.5 Å². The zero-order valence-electron chi connectivity index (χ0n) is 13.2. The number of furan rings is 1. The monoisotopic (exact) mass is 320 g/mol. The molecule has 1 amide bonds. The van der Waals surface area contributed by atoms with Crippen molar-refractivity contribution >= 4 is 5.91 Å². The van der Waals surface area contributed by atoms with Crippen molar-refractivity contribution in [3.05, 3.63) is 41.2 Å². The van der Waals surface area contributed by atoms with Crippen LogP contribution in [0.3, 0.4) is 0 Å². The Morgan fingerprint density at radius 1 is 1.39 bits per heavy atom. The molecule has 1 fully saturated rings. The molecule has 2 aromatic heterocycles. The molecule has 2 atom stereocenters. The van der Waals surface area contributed by atoms with Gasteiger partial charge in [0.2, 0.25) is 0 Å². The Kier molecular flexibility index (Phi) is 4.78. The minimum atomic E-state index is -0.249. The number of hydrogen-bond donors (Lipinski definition) is 1. The molecule has 0 saturated carbocycles. The van der Waals surface area contributed by atoms with Gasteiger partial charge in [-0.05, 0) is 19.1 Å². The highest BCUT2D eigenvalue weighted by molar-refractivity contribution is 5.91. The van der Waals surface area contributed by atoms with Crippen LogP contribution < -0.4 is 5.32 Å². The molecule has 1 aliphatic heterocycles. The number of amides is 1. The average molecular weight is 320 g/mol. The van der Waals surface area contributed by atoms with E-state index in [0.717, 1.165) is 11.5 Å². The first-order valence-corrected chi connectivity index (χ1v) is 7.54. The fourth-order valence-electron chi connectivity index (χ4n) is 2.69. The van der Waals surface area contributed by atoms with E-state index in [1.54, 1.807) is 19.2 Å². The molecule has 3 heterocycles. The molecule has 0 unspecified atom stereocenters. The summed E-state index contributed by atoms with van der Waals surface area (Å²) in [7, 11) is 1.58. The van der Waals surface area contributed by atoms with Gasteiger partial charge in [0.25, 0.3) is 5.91 Å². The van der Waals surface area contributed by atoms with E-state index in [0.29, 0.717) is 32.0 Å². The van der Waals surface area contributed by atoms with Crippen LogP contribution in [0.25, 0.3) is 0 Å². The number of hydrogen-bond acceptors (Lipinski definition) is 6. The van der Waals surface area contributed by atoms with Crippen molar-refractivity contribution in [2.75, 3.05) is 20.3 Å². The van der Waals surface area contributed by atoms with E-state index in [9.17, 15) is 4.79 Å². The van der Waals surface area contributed by atoms with Crippen molar-refractivity contribution in [2.45, 2.75) is 26.0 Å².